The highest BCUT2D eigenvalue weighted by molar-refractivity contribution is 7.90. The molecule has 0 aliphatic heterocycles. The van der Waals surface area contributed by atoms with Crippen molar-refractivity contribution in [1.29, 1.82) is 0 Å². The van der Waals surface area contributed by atoms with E-state index in [0.29, 0.717) is 16.3 Å². The van der Waals surface area contributed by atoms with Crippen LogP contribution in [0.2, 0.25) is 10.0 Å². The topological polar surface area (TPSA) is 90.0 Å². The lowest BCUT2D eigenvalue weighted by Gasteiger charge is -2.34. The second-order valence-corrected chi connectivity index (χ2v) is 11.6. The van der Waals surface area contributed by atoms with Gasteiger partial charge in [0.25, 0.3) is 0 Å². The number of anilines is 1. The molecule has 0 unspecified atom stereocenters. The molecule has 2 aromatic rings. The fourth-order valence-corrected chi connectivity index (χ4v) is 5.15. The van der Waals surface area contributed by atoms with Gasteiger partial charge in [-0.15, -0.1) is 0 Å². The molecule has 2 amide bonds. The summed E-state index contributed by atoms with van der Waals surface area (Å²) in [5, 5.41) is 3.45. The fourth-order valence-electron chi connectivity index (χ4n) is 3.57. The van der Waals surface area contributed by atoms with Crippen LogP contribution in [0.25, 0.3) is 0 Å². The second-order valence-electron chi connectivity index (χ2n) is 8.71. The molecule has 0 aliphatic carbocycles. The van der Waals surface area contributed by atoms with E-state index in [1.807, 2.05) is 13.8 Å². The molecule has 0 radical (unpaired) electrons. The molecule has 8 nitrogen and oxygen atoms in total. The molecule has 37 heavy (non-hydrogen) atoms. The number of nitrogens with one attached hydrogen (secondary N) is 1. The van der Waals surface area contributed by atoms with Crippen LogP contribution >= 0.6 is 23.2 Å². The van der Waals surface area contributed by atoms with Gasteiger partial charge in [0.1, 0.15) is 18.4 Å². The van der Waals surface area contributed by atoms with Gasteiger partial charge in [0, 0.05) is 42.3 Å². The largest absolute Gasteiger partial charge is 0.352 e. The summed E-state index contributed by atoms with van der Waals surface area (Å²) in [7, 11) is -1.72. The second kappa shape index (κ2) is 13.4. The number of hydrogen-bond acceptors (Lipinski definition) is 4. The van der Waals surface area contributed by atoms with Gasteiger partial charge in [-0.05, 0) is 44.0 Å². The zero-order chi connectivity index (χ0) is 27.9. The summed E-state index contributed by atoms with van der Waals surface area (Å²) >= 11 is 12.7. The lowest BCUT2D eigenvalue weighted by molar-refractivity contribution is -0.140. The van der Waals surface area contributed by atoms with Gasteiger partial charge in [0.2, 0.25) is 11.8 Å². The number of amides is 2. The number of hydrogen-bond donors (Lipinski definition) is 1. The Bertz CT molecular complexity index is 1190. The van der Waals surface area contributed by atoms with Gasteiger partial charge in [-0.3, -0.25) is 9.59 Å². The maximum Gasteiger partial charge on any atom is 0.304 e. The van der Waals surface area contributed by atoms with Crippen LogP contribution in [-0.2, 0) is 26.3 Å². The summed E-state index contributed by atoms with van der Waals surface area (Å²) in [6, 6.07) is 9.01. The Morgan fingerprint density at radius 3 is 2.11 bits per heavy atom. The zero-order valence-electron chi connectivity index (χ0n) is 21.5. The van der Waals surface area contributed by atoms with Crippen LogP contribution in [0, 0.1) is 5.82 Å². The van der Waals surface area contributed by atoms with Gasteiger partial charge >= 0.3 is 10.2 Å². The third kappa shape index (κ3) is 7.56. The Morgan fingerprint density at radius 2 is 1.59 bits per heavy atom. The van der Waals surface area contributed by atoms with Gasteiger partial charge in [-0.25, -0.2) is 8.70 Å². The predicted molar refractivity (Wildman–Crippen MR) is 145 cm³/mol. The molecule has 2 rings (SSSR count). The minimum absolute atomic E-state index is 0.147. The first-order valence-electron chi connectivity index (χ1n) is 11.8. The number of benzene rings is 2. The van der Waals surface area contributed by atoms with Crippen molar-refractivity contribution in [2.75, 3.05) is 24.9 Å². The SMILES string of the molecule is CC[C@@H](C)NC(=O)[C@H](CC)N(Cc1c(Cl)cccc1Cl)C(=O)CN(c1ccccc1F)S(=O)(=O)N(C)C. The lowest BCUT2D eigenvalue weighted by atomic mass is 10.1. The Morgan fingerprint density at radius 1 is 1.00 bits per heavy atom. The summed E-state index contributed by atoms with van der Waals surface area (Å²) in [5.74, 6) is -1.94. The van der Waals surface area contributed by atoms with Crippen LogP contribution in [0.3, 0.4) is 0 Å². The number of halogens is 3. The van der Waals surface area contributed by atoms with Crippen molar-refractivity contribution in [3.05, 3.63) is 63.9 Å². The van der Waals surface area contributed by atoms with E-state index in [9.17, 15) is 22.4 Å². The molecule has 2 aromatic carbocycles. The van der Waals surface area contributed by atoms with Crippen LogP contribution in [0.15, 0.2) is 42.5 Å². The van der Waals surface area contributed by atoms with E-state index in [1.165, 1.54) is 37.2 Å². The van der Waals surface area contributed by atoms with Gasteiger partial charge in [-0.1, -0.05) is 55.2 Å². The molecule has 0 saturated carbocycles. The summed E-state index contributed by atoms with van der Waals surface area (Å²) in [4.78, 5) is 28.2. The molecule has 12 heteroatoms. The maximum absolute atomic E-state index is 14.7. The standard InChI is InChI=1S/C25H33Cl2FN4O4S/c1-6-17(3)29-25(34)22(7-2)31(15-18-19(26)11-10-12-20(18)27)24(33)16-32(37(35,36)30(4)5)23-14-9-8-13-21(23)28/h8-14,17,22H,6-7,15-16H2,1-5H3,(H,29,34)/t17-,22+/m1/s1. The minimum atomic E-state index is -4.28. The van der Waals surface area contributed by atoms with Crippen molar-refractivity contribution in [2.24, 2.45) is 0 Å². The molecule has 0 fully saturated rings. The van der Waals surface area contributed by atoms with Gasteiger partial charge in [0.05, 0.1) is 5.69 Å². The molecule has 204 valence electrons. The molecule has 0 aromatic heterocycles. The third-order valence-electron chi connectivity index (χ3n) is 5.92. The molecular weight excluding hydrogens is 542 g/mol. The van der Waals surface area contributed by atoms with E-state index in [2.05, 4.69) is 5.32 Å². The Labute approximate surface area is 228 Å². The summed E-state index contributed by atoms with van der Waals surface area (Å²) in [5.41, 5.74) is 0.110. The first kappa shape index (κ1) is 30.8. The quantitative estimate of drug-likeness (QED) is 0.405. The zero-order valence-corrected chi connectivity index (χ0v) is 23.9. The van der Waals surface area contributed by atoms with Crippen LogP contribution in [0.1, 0.15) is 39.2 Å². The number of carbonyl (C=O) groups excluding carboxylic acids is 2. The molecule has 0 heterocycles. The molecular formula is C25H33Cl2FN4O4S. The van der Waals surface area contributed by atoms with Crippen molar-refractivity contribution in [1.82, 2.24) is 14.5 Å². The number of para-hydroxylation sites is 1. The number of rotatable bonds is 12. The van der Waals surface area contributed by atoms with Crippen LogP contribution in [0.4, 0.5) is 10.1 Å². The molecule has 2 atom stereocenters. The molecule has 0 spiro atoms. The number of nitrogens with zero attached hydrogens (tertiary/aromatic N) is 3. The van der Waals surface area contributed by atoms with Gasteiger partial charge in [-0.2, -0.15) is 12.7 Å². The van der Waals surface area contributed by atoms with E-state index >= 15 is 0 Å². The fraction of sp³-hybridized carbons (Fsp3) is 0.440. The third-order valence-corrected chi connectivity index (χ3v) is 8.43. The first-order valence-corrected chi connectivity index (χ1v) is 14.0. The van der Waals surface area contributed by atoms with E-state index in [4.69, 9.17) is 23.2 Å². The summed E-state index contributed by atoms with van der Waals surface area (Å²) in [6.45, 7) is 4.58. The van der Waals surface area contributed by atoms with Crippen molar-refractivity contribution >= 4 is 50.9 Å². The van der Waals surface area contributed by atoms with Crippen molar-refractivity contribution in [3.8, 4) is 0 Å². The monoisotopic (exact) mass is 574 g/mol. The first-order chi connectivity index (χ1) is 17.3. The Balaban J connectivity index is 2.58. The Kier molecular flexibility index (Phi) is 11.2. The molecule has 1 N–H and O–H groups in total. The van der Waals surface area contributed by atoms with Crippen molar-refractivity contribution in [3.63, 3.8) is 0 Å². The summed E-state index contributed by atoms with van der Waals surface area (Å²) < 4.78 is 42.6. The van der Waals surface area contributed by atoms with E-state index < -0.39 is 40.4 Å². The highest BCUT2D eigenvalue weighted by Gasteiger charge is 2.35. The Hall–Kier alpha value is -2.40. The molecule has 0 aliphatic rings. The van der Waals surface area contributed by atoms with Crippen LogP contribution < -0.4 is 9.62 Å². The highest BCUT2D eigenvalue weighted by Crippen LogP contribution is 2.28. The predicted octanol–water partition coefficient (Wildman–Crippen LogP) is 4.47. The molecule has 0 saturated heterocycles. The normalized spacial score (nSPS) is 13.2. The van der Waals surface area contributed by atoms with E-state index in [1.54, 1.807) is 25.1 Å². The average molecular weight is 576 g/mol. The lowest BCUT2D eigenvalue weighted by Crippen LogP contribution is -2.54. The summed E-state index contributed by atoms with van der Waals surface area (Å²) in [6.07, 6.45) is 0.908. The average Bonchev–Trinajstić information content (AvgIpc) is 2.84. The highest BCUT2D eigenvalue weighted by atomic mass is 35.5. The maximum atomic E-state index is 14.7. The van der Waals surface area contributed by atoms with Crippen molar-refractivity contribution in [2.45, 2.75) is 52.2 Å². The van der Waals surface area contributed by atoms with Gasteiger partial charge in [0.15, 0.2) is 0 Å². The van der Waals surface area contributed by atoms with Crippen LogP contribution in [0.5, 0.6) is 0 Å². The van der Waals surface area contributed by atoms with Crippen LogP contribution in [-0.4, -0.2) is 62.2 Å². The van der Waals surface area contributed by atoms with Gasteiger partial charge < -0.3 is 10.2 Å². The van der Waals surface area contributed by atoms with E-state index in [-0.39, 0.29) is 34.7 Å². The smallest absolute Gasteiger partial charge is 0.304 e. The molecule has 0 bridgehead atoms. The number of carbonyl (C=O) groups is 2. The van der Waals surface area contributed by atoms with E-state index in [0.717, 1.165) is 10.4 Å². The minimum Gasteiger partial charge on any atom is -0.352 e. The van der Waals surface area contributed by atoms with Crippen molar-refractivity contribution < 1.29 is 22.4 Å².